The summed E-state index contributed by atoms with van der Waals surface area (Å²) in [6, 6.07) is 79.8. The summed E-state index contributed by atoms with van der Waals surface area (Å²) in [6.07, 6.45) is 9.53. The Labute approximate surface area is 820 Å². The third-order valence-corrected chi connectivity index (χ3v) is 35.5. The number of aryl methyl sites for hydroxylation is 4. The van der Waals surface area contributed by atoms with Crippen molar-refractivity contribution in [2.75, 3.05) is 19.6 Å². The minimum Gasteiger partial charge on any atom is -0.468 e. The van der Waals surface area contributed by atoms with Gasteiger partial charge in [-0.25, -0.2) is 0 Å². The Hall–Kier alpha value is -11.0. The minimum absolute atomic E-state index is 0.0340. The minimum atomic E-state index is -0.335. The molecule has 6 heterocycles. The second-order valence-corrected chi connectivity index (χ2v) is 52.9. The van der Waals surface area contributed by atoms with Crippen molar-refractivity contribution < 1.29 is 8.83 Å². The van der Waals surface area contributed by atoms with Crippen molar-refractivity contribution in [2.24, 2.45) is 0 Å². The van der Waals surface area contributed by atoms with Gasteiger partial charge in [-0.1, -0.05) is 277 Å². The van der Waals surface area contributed by atoms with Crippen LogP contribution in [0.25, 0.3) is 44.2 Å². The molecule has 6 nitrogen and oxygen atoms in total. The Morgan fingerprint density at radius 3 is 1.01 bits per heavy atom. The molecule has 0 saturated carbocycles. The molecule has 14 aromatic rings. The van der Waals surface area contributed by atoms with E-state index >= 15 is 0 Å². The van der Waals surface area contributed by atoms with Gasteiger partial charge < -0.3 is 28.4 Å². The maximum atomic E-state index is 7.94. The zero-order chi connectivity index (χ0) is 97.3. The highest BCUT2D eigenvalue weighted by Crippen LogP contribution is 2.61. The van der Waals surface area contributed by atoms with Gasteiger partial charge in [0.2, 0.25) is 0 Å². The van der Waals surface area contributed by atoms with E-state index in [9.17, 15) is 0 Å². The maximum Gasteiger partial charge on any atom is 0.297 e. The first kappa shape index (κ1) is 91.2. The molecule has 8 aliphatic rings. The zero-order valence-corrected chi connectivity index (χ0v) is 88.6. The summed E-state index contributed by atoms with van der Waals surface area (Å²) < 4.78 is 15.7. The van der Waals surface area contributed by atoms with Crippen LogP contribution in [0.15, 0.2) is 203 Å². The zero-order valence-electron chi connectivity index (χ0n) is 88.6. The maximum absolute atomic E-state index is 7.94. The number of anilines is 12. The van der Waals surface area contributed by atoms with E-state index in [-0.39, 0.29) is 78.4 Å². The smallest absolute Gasteiger partial charge is 0.297 e. The Kier molecular flexibility index (Phi) is 19.8. The highest BCUT2D eigenvalue weighted by Gasteiger charge is 2.55. The van der Waals surface area contributed by atoms with Crippen LogP contribution >= 0.6 is 0 Å². The number of benzene rings is 12. The van der Waals surface area contributed by atoms with E-state index in [1.807, 2.05) is 0 Å². The Morgan fingerprint density at radius 2 is 0.620 bits per heavy atom. The lowest BCUT2D eigenvalue weighted by Crippen LogP contribution is -2.61. The van der Waals surface area contributed by atoms with Gasteiger partial charge in [-0.05, 0) is 394 Å². The van der Waals surface area contributed by atoms with Crippen molar-refractivity contribution in [1.29, 1.82) is 0 Å². The molecule has 2 aromatic heterocycles. The molecule has 4 aliphatic carbocycles. The SMILES string of the molecule is Cc1ccc(-c2cc3c(cc2N2c4cc5c(cc4B4c6oc7ccc(C(C)(C)C)cc7c6N(c6ccc(C(C)(C)C)cc6)c6cc(C)cc2c64)C(C)(Cc2cccc(-c4cc6c(cc4N4c7cc8c(cc7B7c9oc%10ccc(C(C)(C)C)cc%10c9N(c9ccc(C(C)(C)C)cc9)c9cc(C)cc4c97)C(C)(C)CCC8(C)C)C(C)(C)CCC6(C)C)c2C)CCC5(C)C)C(C)(C)CCC3(C)C)c(C)c1. The Morgan fingerprint density at radius 1 is 0.285 bits per heavy atom. The van der Waals surface area contributed by atoms with Gasteiger partial charge in [0.1, 0.15) is 11.2 Å². The second-order valence-electron chi connectivity index (χ2n) is 52.9. The van der Waals surface area contributed by atoms with Gasteiger partial charge in [0.05, 0.1) is 34.1 Å². The number of hydrogen-bond donors (Lipinski definition) is 0. The third-order valence-electron chi connectivity index (χ3n) is 35.5. The molecular weight excluding hydrogens is 1660 g/mol. The number of rotatable bonds is 8. The van der Waals surface area contributed by atoms with Gasteiger partial charge in [0, 0.05) is 67.4 Å². The first-order chi connectivity index (χ1) is 64.0. The molecule has 0 fully saturated rings. The fourth-order valence-corrected chi connectivity index (χ4v) is 26.4. The van der Waals surface area contributed by atoms with Crippen LogP contribution in [0.5, 0.6) is 0 Å². The highest BCUT2D eigenvalue weighted by atomic mass is 16.3. The third kappa shape index (κ3) is 14.1. The van der Waals surface area contributed by atoms with Crippen molar-refractivity contribution in [2.45, 2.75) is 344 Å². The molecule has 0 bridgehead atoms. The summed E-state index contributed by atoms with van der Waals surface area (Å²) in [7, 11) is 0. The number of furan rings is 2. The highest BCUT2D eigenvalue weighted by molar-refractivity contribution is 7.00. The van der Waals surface area contributed by atoms with Gasteiger partial charge >= 0.3 is 0 Å². The molecule has 0 amide bonds. The summed E-state index contributed by atoms with van der Waals surface area (Å²) in [5.41, 5.74) is 51.8. The predicted molar refractivity (Wildman–Crippen MR) is 589 cm³/mol. The van der Waals surface area contributed by atoms with Crippen LogP contribution in [0.3, 0.4) is 0 Å². The molecular formula is C129H146B2N4O2. The first-order valence-corrected chi connectivity index (χ1v) is 51.8. The van der Waals surface area contributed by atoms with Gasteiger partial charge in [-0.2, -0.15) is 0 Å². The monoisotopic (exact) mass is 1810 g/mol. The van der Waals surface area contributed by atoms with Crippen molar-refractivity contribution in [3.63, 3.8) is 0 Å². The Bertz CT molecular complexity index is 7480. The van der Waals surface area contributed by atoms with Crippen LogP contribution in [0.1, 0.15) is 338 Å². The fraction of sp³-hybridized carbons (Fsp3) is 0.411. The summed E-state index contributed by atoms with van der Waals surface area (Å²) in [5, 5.41) is 2.30. The quantitative estimate of drug-likeness (QED) is 0.141. The first-order valence-electron chi connectivity index (χ1n) is 51.8. The standard InChI is InChI=1S/C129H146B2N4O2/c1-74-36-47-86(77(4)58-74)88-65-92-95(125(24,25)53-50-122(92,18)19)69-102(88)134-105-72-98-99(68-101(105)131-113-107(60-75(2)61-108(113)134)133(85-45-39-81(40-46-85)119(9,10)11)115-91-64-83(121(15,16)17)42-49-111(91)137-117(115)131)129(32,57-56-128(98,30)31)73-79-34-33-35-87(78(79)5)89-66-93-96(126(26,27)54-51-123(93,20)21)70-103(89)135-104-71-97-94(124(22,23)52-55-127(97,28)29)67-100(104)130-112-106(59-76(3)62-109(112)135)132(84-43-37-80(38-44-84)118(6,7)8)114-90-63-82(120(12,13)14)41-48-110(90)136-116(114)130/h33-49,58-72H,50-57,73H2,1-32H3. The predicted octanol–water partition coefficient (Wildman–Crippen LogP) is 32.0. The van der Waals surface area contributed by atoms with Crippen molar-refractivity contribution in [1.82, 2.24) is 0 Å². The lowest BCUT2D eigenvalue weighted by atomic mass is 9.35. The van der Waals surface area contributed by atoms with Crippen LogP contribution in [-0.2, 0) is 71.4 Å². The van der Waals surface area contributed by atoms with Gasteiger partial charge in [-0.15, -0.1) is 0 Å². The normalized spacial score (nSPS) is 19.2. The van der Waals surface area contributed by atoms with Crippen molar-refractivity contribution in [3.8, 4) is 22.3 Å². The average molecular weight is 1810 g/mol. The summed E-state index contributed by atoms with van der Waals surface area (Å²) in [5.74, 6) is 0. The molecule has 22 rings (SSSR count). The average Bonchev–Trinajstić information content (AvgIpc) is 1.67. The summed E-state index contributed by atoms with van der Waals surface area (Å²) >= 11 is 0. The molecule has 8 heteroatoms. The molecule has 137 heavy (non-hydrogen) atoms. The molecule has 4 aliphatic heterocycles. The van der Waals surface area contributed by atoms with Crippen LogP contribution in [0.2, 0.25) is 0 Å². The van der Waals surface area contributed by atoms with Gasteiger partial charge in [0.25, 0.3) is 13.4 Å². The number of nitrogens with zero attached hydrogens (tertiary/aromatic N) is 4. The number of fused-ring (bicyclic) bond motifs is 16. The molecule has 12 aromatic carbocycles. The van der Waals surface area contributed by atoms with Crippen LogP contribution in [-0.4, -0.2) is 13.4 Å². The van der Waals surface area contributed by atoms with E-state index < -0.39 is 0 Å². The lowest BCUT2D eigenvalue weighted by Gasteiger charge is -2.48. The van der Waals surface area contributed by atoms with E-state index in [1.165, 1.54) is 190 Å². The lowest BCUT2D eigenvalue weighted by molar-refractivity contribution is 0.310. The fourth-order valence-electron chi connectivity index (χ4n) is 26.4. The van der Waals surface area contributed by atoms with E-state index in [2.05, 4.69) is 435 Å². The molecule has 0 saturated heterocycles. The molecule has 0 N–H and O–H groups in total. The number of hydrogen-bond acceptors (Lipinski definition) is 6. The van der Waals surface area contributed by atoms with E-state index in [0.717, 1.165) is 114 Å². The second kappa shape index (κ2) is 29.8. The Balaban J connectivity index is 0.786. The molecule has 700 valence electrons. The summed E-state index contributed by atoms with van der Waals surface area (Å²) in [6.45, 7) is 77.5. The molecule has 1 unspecified atom stereocenters. The molecule has 0 radical (unpaired) electrons. The van der Waals surface area contributed by atoms with E-state index in [0.29, 0.717) is 0 Å². The van der Waals surface area contributed by atoms with Crippen LogP contribution in [0.4, 0.5) is 68.2 Å². The van der Waals surface area contributed by atoms with Crippen molar-refractivity contribution in [3.05, 3.63) is 294 Å². The van der Waals surface area contributed by atoms with Gasteiger partial charge in [-0.3, -0.25) is 0 Å². The van der Waals surface area contributed by atoms with Crippen LogP contribution in [0, 0.1) is 34.6 Å². The van der Waals surface area contributed by atoms with E-state index in [4.69, 9.17) is 8.83 Å². The summed E-state index contributed by atoms with van der Waals surface area (Å²) in [4.78, 5) is 10.9. The van der Waals surface area contributed by atoms with E-state index in [1.54, 1.807) is 0 Å². The molecule has 0 spiro atoms. The largest absolute Gasteiger partial charge is 0.468 e. The van der Waals surface area contributed by atoms with Gasteiger partial charge in [0.15, 0.2) is 0 Å². The topological polar surface area (TPSA) is 39.2 Å². The molecule has 1 atom stereocenters. The van der Waals surface area contributed by atoms with Crippen molar-refractivity contribution >= 4 is 137 Å². The van der Waals surface area contributed by atoms with Crippen LogP contribution < -0.4 is 52.8 Å².